The molecule has 0 saturated carbocycles. The lowest BCUT2D eigenvalue weighted by atomic mass is 9.95. The number of H-pyrrole nitrogens is 2. The molecule has 2 aromatic carbocycles. The Morgan fingerprint density at radius 1 is 1.10 bits per heavy atom. The molecule has 158 valence electrons. The minimum Gasteiger partial charge on any atom is -0.373 e. The lowest BCUT2D eigenvalue weighted by molar-refractivity contribution is 0.0333. The van der Waals surface area contributed by atoms with Gasteiger partial charge in [-0.05, 0) is 42.6 Å². The molecule has 0 spiro atoms. The average molecular weight is 423 g/mol. The summed E-state index contributed by atoms with van der Waals surface area (Å²) >= 11 is 0. The van der Waals surface area contributed by atoms with Crippen LogP contribution in [0.15, 0.2) is 41.2 Å². The van der Waals surface area contributed by atoms with Crippen molar-refractivity contribution in [2.24, 2.45) is 0 Å². The van der Waals surface area contributed by atoms with Crippen LogP contribution in [0.5, 0.6) is 0 Å². The fraction of sp³-hybridized carbons (Fsp3) is 0.217. The number of nitrogens with one attached hydrogen (secondary N) is 2. The number of halogens is 2. The maximum atomic E-state index is 14.0. The van der Waals surface area contributed by atoms with Crippen molar-refractivity contribution in [2.45, 2.75) is 19.6 Å². The Balaban J connectivity index is 1.61. The number of carbonyl (C=O) groups excluding carboxylic acids is 1. The lowest BCUT2D eigenvalue weighted by Gasteiger charge is -2.33. The van der Waals surface area contributed by atoms with Crippen LogP contribution >= 0.6 is 0 Å². The quantitative estimate of drug-likeness (QED) is 0.513. The lowest BCUT2D eigenvalue weighted by Crippen LogP contribution is -2.37. The fourth-order valence-corrected chi connectivity index (χ4v) is 4.25. The molecule has 0 radical (unpaired) electrons. The normalized spacial score (nSPS) is 15.9. The van der Waals surface area contributed by atoms with E-state index in [0.29, 0.717) is 17.0 Å². The van der Waals surface area contributed by atoms with Gasteiger partial charge in [-0.15, -0.1) is 0 Å². The van der Waals surface area contributed by atoms with E-state index in [1.165, 1.54) is 4.90 Å². The van der Waals surface area contributed by atoms with Crippen LogP contribution in [0.25, 0.3) is 21.7 Å². The smallest absolute Gasteiger partial charge is 0.270 e. The summed E-state index contributed by atoms with van der Waals surface area (Å²) in [6.45, 7) is 2.25. The molecular weight excluding hydrogens is 404 g/mol. The molecule has 3 heterocycles. The predicted octanol–water partition coefficient (Wildman–Crippen LogP) is 3.94. The molecule has 5 rings (SSSR count). The van der Waals surface area contributed by atoms with Crippen LogP contribution in [0, 0.1) is 18.6 Å². The number of rotatable bonds is 2. The fourth-order valence-electron chi connectivity index (χ4n) is 4.25. The number of aryl methyl sites for hydroxylation is 1. The third-order valence-electron chi connectivity index (χ3n) is 5.83. The van der Waals surface area contributed by atoms with Gasteiger partial charge in [0.25, 0.3) is 11.5 Å². The van der Waals surface area contributed by atoms with Crippen LogP contribution < -0.4 is 5.56 Å². The minimum absolute atomic E-state index is 0.0338. The Morgan fingerprint density at radius 3 is 2.61 bits per heavy atom. The van der Waals surface area contributed by atoms with E-state index >= 15 is 0 Å². The van der Waals surface area contributed by atoms with Gasteiger partial charge in [-0.1, -0.05) is 11.6 Å². The number of aromatic amines is 2. The first-order valence-electron chi connectivity index (χ1n) is 9.81. The van der Waals surface area contributed by atoms with Crippen molar-refractivity contribution in [2.75, 3.05) is 13.7 Å². The first kappa shape index (κ1) is 19.4. The summed E-state index contributed by atoms with van der Waals surface area (Å²) < 4.78 is 33.4. The summed E-state index contributed by atoms with van der Waals surface area (Å²) in [5.74, 6) is -2.43. The number of likely N-dealkylation sites (N-methyl/N-ethyl adjacent to an activating group) is 1. The molecule has 6 nitrogen and oxygen atoms in total. The van der Waals surface area contributed by atoms with Gasteiger partial charge in [0.15, 0.2) is 11.6 Å². The van der Waals surface area contributed by atoms with Gasteiger partial charge in [0, 0.05) is 29.2 Å². The Bertz CT molecular complexity index is 1420. The van der Waals surface area contributed by atoms with Gasteiger partial charge in [-0.25, -0.2) is 8.78 Å². The molecular formula is C23H19F2N3O3. The second-order valence-corrected chi connectivity index (χ2v) is 7.88. The van der Waals surface area contributed by atoms with Crippen LogP contribution in [0.1, 0.15) is 33.4 Å². The zero-order valence-electron chi connectivity index (χ0n) is 16.9. The van der Waals surface area contributed by atoms with Gasteiger partial charge < -0.3 is 19.6 Å². The maximum absolute atomic E-state index is 14.0. The molecule has 31 heavy (non-hydrogen) atoms. The topological polar surface area (TPSA) is 78.2 Å². The van der Waals surface area contributed by atoms with E-state index in [-0.39, 0.29) is 29.9 Å². The molecule has 0 fully saturated rings. The van der Waals surface area contributed by atoms with Crippen molar-refractivity contribution in [3.8, 4) is 0 Å². The van der Waals surface area contributed by atoms with Gasteiger partial charge >= 0.3 is 0 Å². The highest BCUT2D eigenvalue weighted by molar-refractivity contribution is 5.98. The summed E-state index contributed by atoms with van der Waals surface area (Å²) in [6.07, 6.45) is 0. The number of benzene rings is 2. The zero-order chi connectivity index (χ0) is 21.9. The number of fused-ring (bicyclic) bond motifs is 4. The number of amides is 1. The molecule has 1 aliphatic rings. The van der Waals surface area contributed by atoms with Crippen molar-refractivity contribution in [3.63, 3.8) is 0 Å². The summed E-state index contributed by atoms with van der Waals surface area (Å²) in [4.78, 5) is 33.0. The van der Waals surface area contributed by atoms with Crippen molar-refractivity contribution in [3.05, 3.63) is 80.9 Å². The van der Waals surface area contributed by atoms with Gasteiger partial charge in [0.2, 0.25) is 0 Å². The van der Waals surface area contributed by atoms with E-state index in [4.69, 9.17) is 4.74 Å². The van der Waals surface area contributed by atoms with Gasteiger partial charge in [-0.3, -0.25) is 9.59 Å². The van der Waals surface area contributed by atoms with E-state index in [1.807, 2.05) is 25.1 Å². The van der Waals surface area contributed by atoms with Crippen LogP contribution in [0.3, 0.4) is 0 Å². The molecule has 2 aromatic heterocycles. The van der Waals surface area contributed by atoms with E-state index < -0.39 is 23.2 Å². The van der Waals surface area contributed by atoms with Crippen molar-refractivity contribution < 1.29 is 18.3 Å². The number of nitrogens with zero attached hydrogens (tertiary/aromatic N) is 1. The number of ether oxygens (including phenoxy) is 1. The average Bonchev–Trinajstić information content (AvgIpc) is 3.17. The van der Waals surface area contributed by atoms with Crippen molar-refractivity contribution in [1.82, 2.24) is 14.9 Å². The molecule has 8 heteroatoms. The molecule has 2 N–H and O–H groups in total. The SMILES string of the molecule is Cc1ccc2[nH]c(C(=O)N(C)C3COCc4[nH]c(=O)c5cc(F)c(F)cc5c43)cc2c1. The molecule has 1 unspecified atom stereocenters. The summed E-state index contributed by atoms with van der Waals surface area (Å²) in [6, 6.07) is 8.95. The predicted molar refractivity (Wildman–Crippen MR) is 112 cm³/mol. The van der Waals surface area contributed by atoms with Crippen LogP contribution in [0.2, 0.25) is 0 Å². The van der Waals surface area contributed by atoms with E-state index in [2.05, 4.69) is 9.97 Å². The van der Waals surface area contributed by atoms with Gasteiger partial charge in [0.1, 0.15) is 5.69 Å². The molecule has 1 amide bonds. The maximum Gasteiger partial charge on any atom is 0.270 e. The van der Waals surface area contributed by atoms with Crippen LogP contribution in [0.4, 0.5) is 8.78 Å². The second kappa shape index (κ2) is 7.02. The number of hydrogen-bond donors (Lipinski definition) is 2. The molecule has 1 atom stereocenters. The second-order valence-electron chi connectivity index (χ2n) is 7.88. The Morgan fingerprint density at radius 2 is 1.84 bits per heavy atom. The number of aromatic nitrogens is 2. The van der Waals surface area contributed by atoms with E-state index in [1.54, 1.807) is 13.1 Å². The third-order valence-corrected chi connectivity index (χ3v) is 5.83. The monoisotopic (exact) mass is 423 g/mol. The molecule has 0 aliphatic carbocycles. The minimum atomic E-state index is -1.10. The molecule has 4 aromatic rings. The Kier molecular flexibility index (Phi) is 4.40. The highest BCUT2D eigenvalue weighted by Gasteiger charge is 2.32. The van der Waals surface area contributed by atoms with E-state index in [0.717, 1.165) is 28.6 Å². The van der Waals surface area contributed by atoms with E-state index in [9.17, 15) is 18.4 Å². The summed E-state index contributed by atoms with van der Waals surface area (Å²) in [5.41, 5.74) is 2.81. The first-order valence-corrected chi connectivity index (χ1v) is 9.81. The first-order chi connectivity index (χ1) is 14.8. The highest BCUT2D eigenvalue weighted by Crippen LogP contribution is 2.34. The largest absolute Gasteiger partial charge is 0.373 e. The molecule has 0 saturated heterocycles. The molecule has 1 aliphatic heterocycles. The summed E-state index contributed by atoms with van der Waals surface area (Å²) in [5, 5.41) is 1.23. The van der Waals surface area contributed by atoms with Crippen LogP contribution in [-0.2, 0) is 11.3 Å². The van der Waals surface area contributed by atoms with Gasteiger partial charge in [0.05, 0.1) is 24.6 Å². The Labute approximate surface area is 175 Å². The highest BCUT2D eigenvalue weighted by atomic mass is 19.2. The molecule has 0 bridgehead atoms. The Hall–Kier alpha value is -3.52. The summed E-state index contributed by atoms with van der Waals surface area (Å²) in [7, 11) is 1.62. The number of hydrogen-bond acceptors (Lipinski definition) is 3. The van der Waals surface area contributed by atoms with Crippen molar-refractivity contribution >= 4 is 27.6 Å². The standard InChI is InChI=1S/C23H19F2N3O3/c1-11-3-4-17-12(5-11)6-18(26-17)23(30)28(2)20-10-31-9-19-21(20)13-7-15(24)16(25)8-14(13)22(29)27-19/h3-8,20,26H,9-10H2,1-2H3,(H,27,29). The zero-order valence-corrected chi connectivity index (χ0v) is 16.9. The number of carbonyl (C=O) groups is 1. The van der Waals surface area contributed by atoms with Crippen LogP contribution in [-0.4, -0.2) is 34.4 Å². The third kappa shape index (κ3) is 3.11. The van der Waals surface area contributed by atoms with Gasteiger partial charge in [-0.2, -0.15) is 0 Å². The number of pyridine rings is 1. The van der Waals surface area contributed by atoms with Crippen molar-refractivity contribution in [1.29, 1.82) is 0 Å².